The van der Waals surface area contributed by atoms with Crippen LogP contribution in [0, 0.1) is 0 Å². The molecule has 0 saturated heterocycles. The first kappa shape index (κ1) is 17.7. The van der Waals surface area contributed by atoms with E-state index in [-0.39, 0.29) is 0 Å². The Morgan fingerprint density at radius 3 is 2.23 bits per heavy atom. The van der Waals surface area contributed by atoms with E-state index in [0.29, 0.717) is 46.1 Å². The first-order valence-corrected chi connectivity index (χ1v) is 8.28. The molecule has 0 aliphatic heterocycles. The summed E-state index contributed by atoms with van der Waals surface area (Å²) >= 11 is 5.59. The third-order valence-corrected chi connectivity index (χ3v) is 3.63. The molecule has 0 radical (unpaired) electrons. The molecular weight excluding hydrogens is 360 g/mol. The lowest BCUT2D eigenvalue weighted by atomic mass is 10.3. The average molecular weight is 377 g/mol. The number of pyridine rings is 2. The summed E-state index contributed by atoms with van der Waals surface area (Å²) in [6.45, 7) is 2.77. The first-order valence-electron chi connectivity index (χ1n) is 7.90. The predicted octanol–water partition coefficient (Wildman–Crippen LogP) is 3.44. The van der Waals surface area contributed by atoms with Crippen LogP contribution in [-0.4, -0.2) is 26.9 Å². The van der Waals surface area contributed by atoms with Gasteiger partial charge in [-0.2, -0.15) is 9.97 Å². The Balaban J connectivity index is 0.000000158. The standard InChI is InChI=1S/C10H13N3O2.C6H4ClN3O/c1-2-3-6-14-8-5-4-7-9(11)13-15-10(7)12-8;7-4-2-1-3-5(8)10-11-6(3)9-4/h4-5H,2-3,6H2,1H3,(H2,11,13);1-2H,(H2,8,10). The summed E-state index contributed by atoms with van der Waals surface area (Å²) in [5.74, 6) is 1.24. The van der Waals surface area contributed by atoms with Crippen molar-refractivity contribution in [3.8, 4) is 5.88 Å². The molecule has 0 unspecified atom stereocenters. The van der Waals surface area contributed by atoms with Crippen molar-refractivity contribution in [3.63, 3.8) is 0 Å². The number of fused-ring (bicyclic) bond motifs is 2. The fourth-order valence-electron chi connectivity index (χ4n) is 2.06. The highest BCUT2D eigenvalue weighted by Gasteiger charge is 2.07. The number of aromatic nitrogens is 4. The molecule has 0 saturated carbocycles. The van der Waals surface area contributed by atoms with Crippen LogP contribution >= 0.6 is 11.6 Å². The molecule has 0 fully saturated rings. The number of halogens is 1. The van der Waals surface area contributed by atoms with Crippen LogP contribution in [0.5, 0.6) is 5.88 Å². The van der Waals surface area contributed by atoms with Crippen LogP contribution in [0.15, 0.2) is 33.3 Å². The van der Waals surface area contributed by atoms with Gasteiger partial charge in [-0.3, -0.25) is 0 Å². The number of ether oxygens (including phenoxy) is 1. The molecule has 0 aliphatic rings. The van der Waals surface area contributed by atoms with Gasteiger partial charge in [0.2, 0.25) is 5.88 Å². The Hall–Kier alpha value is -3.07. The van der Waals surface area contributed by atoms with Gasteiger partial charge in [0, 0.05) is 6.07 Å². The summed E-state index contributed by atoms with van der Waals surface area (Å²) in [5.41, 5.74) is 11.8. The Morgan fingerprint density at radius 1 is 0.962 bits per heavy atom. The number of unbranched alkanes of at least 4 members (excludes halogenated alkanes) is 1. The highest BCUT2D eigenvalue weighted by atomic mass is 35.5. The van der Waals surface area contributed by atoms with Crippen LogP contribution in [0.3, 0.4) is 0 Å². The maximum atomic E-state index is 5.59. The maximum Gasteiger partial charge on any atom is 0.263 e. The number of nitrogens with zero attached hydrogens (tertiary/aromatic N) is 4. The fraction of sp³-hybridized carbons (Fsp3) is 0.250. The molecule has 4 aromatic heterocycles. The van der Waals surface area contributed by atoms with Gasteiger partial charge >= 0.3 is 0 Å². The zero-order chi connectivity index (χ0) is 18.5. The van der Waals surface area contributed by atoms with E-state index < -0.39 is 0 Å². The third-order valence-electron chi connectivity index (χ3n) is 3.42. The van der Waals surface area contributed by atoms with Crippen LogP contribution in [0.4, 0.5) is 11.6 Å². The van der Waals surface area contributed by atoms with Crippen molar-refractivity contribution in [1.29, 1.82) is 0 Å². The smallest absolute Gasteiger partial charge is 0.263 e. The summed E-state index contributed by atoms with van der Waals surface area (Å²) in [4.78, 5) is 7.99. The van der Waals surface area contributed by atoms with Crippen LogP contribution in [0.1, 0.15) is 19.8 Å². The number of anilines is 2. The van der Waals surface area contributed by atoms with E-state index in [0.717, 1.165) is 18.2 Å². The number of nitrogen functional groups attached to an aromatic ring is 2. The molecule has 4 aromatic rings. The van der Waals surface area contributed by atoms with Gasteiger partial charge in [-0.15, -0.1) is 0 Å². The highest BCUT2D eigenvalue weighted by Crippen LogP contribution is 2.21. The van der Waals surface area contributed by atoms with Gasteiger partial charge in [0.1, 0.15) is 5.15 Å². The number of hydrogen-bond donors (Lipinski definition) is 2. The van der Waals surface area contributed by atoms with E-state index in [1.807, 2.05) is 0 Å². The molecule has 4 rings (SSSR count). The SMILES string of the molecule is CCCCOc1ccc2c(N)noc2n1.Nc1noc2nc(Cl)ccc12. The van der Waals surface area contributed by atoms with E-state index in [2.05, 4.69) is 27.2 Å². The van der Waals surface area contributed by atoms with Crippen molar-refractivity contribution in [2.75, 3.05) is 18.1 Å². The van der Waals surface area contributed by atoms with Crippen molar-refractivity contribution in [3.05, 3.63) is 29.4 Å². The molecule has 0 spiro atoms. The van der Waals surface area contributed by atoms with Gasteiger partial charge in [-0.05, 0) is 24.6 Å². The lowest BCUT2D eigenvalue weighted by Gasteiger charge is -2.02. The fourth-order valence-corrected chi connectivity index (χ4v) is 2.19. The Bertz CT molecular complexity index is 1020. The molecule has 0 amide bonds. The lowest BCUT2D eigenvalue weighted by Crippen LogP contribution is -1.98. The summed E-state index contributed by atoms with van der Waals surface area (Å²) < 4.78 is 15.1. The zero-order valence-electron chi connectivity index (χ0n) is 14.0. The highest BCUT2D eigenvalue weighted by molar-refractivity contribution is 6.29. The monoisotopic (exact) mass is 376 g/mol. The summed E-state index contributed by atoms with van der Waals surface area (Å²) in [6, 6.07) is 6.93. The van der Waals surface area contributed by atoms with Crippen molar-refractivity contribution < 1.29 is 13.8 Å². The summed E-state index contributed by atoms with van der Waals surface area (Å²) in [6.07, 6.45) is 2.11. The predicted molar refractivity (Wildman–Crippen MR) is 97.8 cm³/mol. The minimum absolute atomic E-state index is 0.337. The third kappa shape index (κ3) is 3.94. The van der Waals surface area contributed by atoms with Gasteiger partial charge in [0.25, 0.3) is 11.4 Å². The van der Waals surface area contributed by atoms with Gasteiger partial charge in [-0.25, -0.2) is 0 Å². The Kier molecular flexibility index (Phi) is 5.37. The average Bonchev–Trinajstić information content (AvgIpc) is 3.19. The van der Waals surface area contributed by atoms with Crippen LogP contribution in [0.2, 0.25) is 5.15 Å². The van der Waals surface area contributed by atoms with E-state index in [1.165, 1.54) is 0 Å². The van der Waals surface area contributed by atoms with Crippen molar-refractivity contribution in [2.24, 2.45) is 0 Å². The zero-order valence-corrected chi connectivity index (χ0v) is 14.7. The molecule has 0 aliphatic carbocycles. The second-order valence-electron chi connectivity index (χ2n) is 5.33. The van der Waals surface area contributed by atoms with Crippen LogP contribution < -0.4 is 16.2 Å². The number of nitrogens with two attached hydrogens (primary N) is 2. The van der Waals surface area contributed by atoms with Crippen molar-refractivity contribution in [1.82, 2.24) is 20.3 Å². The number of hydrogen-bond acceptors (Lipinski definition) is 9. The minimum Gasteiger partial charge on any atom is -0.478 e. The summed E-state index contributed by atoms with van der Waals surface area (Å²) in [7, 11) is 0. The Labute approximate surface area is 153 Å². The van der Waals surface area contributed by atoms with Gasteiger partial charge in [0.05, 0.1) is 17.4 Å². The lowest BCUT2D eigenvalue weighted by molar-refractivity contribution is 0.297. The quantitative estimate of drug-likeness (QED) is 0.404. The molecule has 4 N–H and O–H groups in total. The summed E-state index contributed by atoms with van der Waals surface area (Å²) in [5, 5.41) is 8.92. The first-order chi connectivity index (χ1) is 12.6. The Morgan fingerprint density at radius 2 is 1.58 bits per heavy atom. The largest absolute Gasteiger partial charge is 0.478 e. The second-order valence-corrected chi connectivity index (χ2v) is 5.71. The molecule has 0 atom stereocenters. The van der Waals surface area contributed by atoms with Crippen LogP contribution in [-0.2, 0) is 0 Å². The molecule has 4 heterocycles. The molecule has 26 heavy (non-hydrogen) atoms. The van der Waals surface area contributed by atoms with E-state index in [9.17, 15) is 0 Å². The number of rotatable bonds is 4. The minimum atomic E-state index is 0.337. The molecule has 9 nitrogen and oxygen atoms in total. The normalized spacial score (nSPS) is 10.7. The van der Waals surface area contributed by atoms with Crippen molar-refractivity contribution >= 4 is 45.4 Å². The molecule has 0 bridgehead atoms. The maximum absolute atomic E-state index is 5.59. The van der Waals surface area contributed by atoms with E-state index >= 15 is 0 Å². The van der Waals surface area contributed by atoms with Gasteiger partial charge in [-0.1, -0.05) is 35.3 Å². The van der Waals surface area contributed by atoms with Crippen molar-refractivity contribution in [2.45, 2.75) is 19.8 Å². The van der Waals surface area contributed by atoms with E-state index in [1.54, 1.807) is 24.3 Å². The topological polar surface area (TPSA) is 139 Å². The molecule has 10 heteroatoms. The molecule has 0 aromatic carbocycles. The van der Waals surface area contributed by atoms with E-state index in [4.69, 9.17) is 36.9 Å². The van der Waals surface area contributed by atoms with Gasteiger partial charge in [0.15, 0.2) is 11.6 Å². The molecular formula is C16H17ClN6O3. The molecule has 136 valence electrons. The second kappa shape index (κ2) is 7.87. The van der Waals surface area contributed by atoms with Crippen LogP contribution in [0.25, 0.3) is 22.2 Å². The van der Waals surface area contributed by atoms with Gasteiger partial charge < -0.3 is 25.3 Å².